The van der Waals surface area contributed by atoms with Crippen molar-refractivity contribution in [1.29, 1.82) is 0 Å². The molecule has 2 aromatic carbocycles. The summed E-state index contributed by atoms with van der Waals surface area (Å²) < 4.78 is 0. The molecule has 0 saturated heterocycles. The molecule has 0 radical (unpaired) electrons. The Morgan fingerprint density at radius 2 is 1.90 bits per heavy atom. The Balaban J connectivity index is 1.87. The summed E-state index contributed by atoms with van der Waals surface area (Å²) in [6, 6.07) is 13.7. The Bertz CT molecular complexity index is 639. The Morgan fingerprint density at radius 1 is 1.10 bits per heavy atom. The molecule has 0 bridgehead atoms. The van der Waals surface area contributed by atoms with Crippen LogP contribution in [-0.4, -0.2) is 5.11 Å². The number of aryl methyl sites for hydroxylation is 1. The van der Waals surface area contributed by atoms with Crippen molar-refractivity contribution >= 4 is 23.2 Å². The number of aliphatic hydroxyl groups excluding tert-OH is 1. The van der Waals surface area contributed by atoms with Crippen LogP contribution >= 0.6 is 23.2 Å². The number of aliphatic hydroxyl groups is 1. The Hall–Kier alpha value is -1.02. The second-order valence-corrected chi connectivity index (χ2v) is 6.58. The molecule has 0 spiro atoms. The maximum absolute atomic E-state index is 10.7. The highest BCUT2D eigenvalue weighted by Crippen LogP contribution is 2.36. The van der Waals surface area contributed by atoms with E-state index in [1.807, 2.05) is 30.3 Å². The monoisotopic (exact) mass is 320 g/mol. The zero-order chi connectivity index (χ0) is 14.8. The molecule has 1 aliphatic carbocycles. The SMILES string of the molecule is OC1c2ccccc2CCCC1Cc1cc(Cl)ccc1Cl. The van der Waals surface area contributed by atoms with Crippen LogP contribution in [0, 0.1) is 5.92 Å². The van der Waals surface area contributed by atoms with Gasteiger partial charge in [0.1, 0.15) is 0 Å². The van der Waals surface area contributed by atoms with Crippen LogP contribution in [0.15, 0.2) is 42.5 Å². The van der Waals surface area contributed by atoms with Crippen molar-refractivity contribution in [2.45, 2.75) is 31.8 Å². The van der Waals surface area contributed by atoms with Gasteiger partial charge in [0.25, 0.3) is 0 Å². The van der Waals surface area contributed by atoms with Gasteiger partial charge in [0.05, 0.1) is 6.10 Å². The first-order chi connectivity index (χ1) is 10.1. The summed E-state index contributed by atoms with van der Waals surface area (Å²) in [6.07, 6.45) is 3.45. The first-order valence-electron chi connectivity index (χ1n) is 7.35. The van der Waals surface area contributed by atoms with E-state index in [0.717, 1.165) is 41.8 Å². The lowest BCUT2D eigenvalue weighted by atomic mass is 9.88. The highest BCUT2D eigenvalue weighted by atomic mass is 35.5. The van der Waals surface area contributed by atoms with Gasteiger partial charge in [-0.25, -0.2) is 0 Å². The summed E-state index contributed by atoms with van der Waals surface area (Å²) in [5, 5.41) is 12.2. The molecule has 1 aliphatic rings. The lowest BCUT2D eigenvalue weighted by Crippen LogP contribution is -2.15. The van der Waals surface area contributed by atoms with E-state index >= 15 is 0 Å². The average molecular weight is 321 g/mol. The van der Waals surface area contributed by atoms with Gasteiger partial charge >= 0.3 is 0 Å². The number of rotatable bonds is 2. The van der Waals surface area contributed by atoms with Crippen LogP contribution in [-0.2, 0) is 12.8 Å². The molecule has 2 unspecified atom stereocenters. The van der Waals surface area contributed by atoms with E-state index in [2.05, 4.69) is 6.07 Å². The standard InChI is InChI=1S/C18H18Cl2O/c19-15-8-9-17(20)14(11-15)10-13-6-3-5-12-4-1-2-7-16(12)18(13)21/h1-2,4,7-9,11,13,18,21H,3,5-6,10H2. The van der Waals surface area contributed by atoms with Gasteiger partial charge in [0.2, 0.25) is 0 Å². The van der Waals surface area contributed by atoms with Gasteiger partial charge in [-0.1, -0.05) is 47.5 Å². The molecule has 0 aromatic heterocycles. The fourth-order valence-corrected chi connectivity index (χ4v) is 3.60. The van der Waals surface area contributed by atoms with E-state index < -0.39 is 6.10 Å². The summed E-state index contributed by atoms with van der Waals surface area (Å²) in [7, 11) is 0. The van der Waals surface area contributed by atoms with Gasteiger partial charge < -0.3 is 5.11 Å². The van der Waals surface area contributed by atoms with Gasteiger partial charge in [-0.3, -0.25) is 0 Å². The van der Waals surface area contributed by atoms with E-state index in [1.54, 1.807) is 6.07 Å². The van der Waals surface area contributed by atoms with Crippen molar-refractivity contribution in [2.24, 2.45) is 5.92 Å². The van der Waals surface area contributed by atoms with Gasteiger partial charge in [0.15, 0.2) is 0 Å². The number of benzene rings is 2. The molecule has 3 rings (SSSR count). The Labute approximate surface area is 135 Å². The van der Waals surface area contributed by atoms with E-state index in [4.69, 9.17) is 23.2 Å². The summed E-state index contributed by atoms with van der Waals surface area (Å²) in [5.74, 6) is 0.185. The van der Waals surface area contributed by atoms with E-state index in [1.165, 1.54) is 5.56 Å². The maximum atomic E-state index is 10.7. The smallest absolute Gasteiger partial charge is 0.0824 e. The molecule has 2 atom stereocenters. The fraction of sp³-hybridized carbons (Fsp3) is 0.333. The molecule has 1 nitrogen and oxygen atoms in total. The molecule has 110 valence electrons. The molecule has 0 saturated carbocycles. The predicted molar refractivity (Wildman–Crippen MR) is 88.0 cm³/mol. The minimum absolute atomic E-state index is 0.185. The molecule has 3 heteroatoms. The molecule has 0 fully saturated rings. The fourth-order valence-electron chi connectivity index (χ4n) is 3.21. The third kappa shape index (κ3) is 3.26. The highest BCUT2D eigenvalue weighted by Gasteiger charge is 2.26. The van der Waals surface area contributed by atoms with Crippen LogP contribution in [0.25, 0.3) is 0 Å². The number of hydrogen-bond acceptors (Lipinski definition) is 1. The van der Waals surface area contributed by atoms with Crippen molar-refractivity contribution in [3.05, 3.63) is 69.2 Å². The number of fused-ring (bicyclic) bond motifs is 1. The van der Waals surface area contributed by atoms with Crippen LogP contribution in [0.1, 0.15) is 35.6 Å². The number of hydrogen-bond donors (Lipinski definition) is 1. The minimum atomic E-state index is -0.432. The largest absolute Gasteiger partial charge is 0.388 e. The Kier molecular flexibility index (Phi) is 4.54. The van der Waals surface area contributed by atoms with Gasteiger partial charge in [-0.05, 0) is 66.5 Å². The third-order valence-corrected chi connectivity index (χ3v) is 4.93. The lowest BCUT2D eigenvalue weighted by Gasteiger charge is -2.22. The van der Waals surface area contributed by atoms with Gasteiger partial charge in [-0.2, -0.15) is 0 Å². The summed E-state index contributed by atoms with van der Waals surface area (Å²) in [4.78, 5) is 0. The quantitative estimate of drug-likeness (QED) is 0.752. The molecular formula is C18H18Cl2O. The summed E-state index contributed by atoms with van der Waals surface area (Å²) in [6.45, 7) is 0. The van der Waals surface area contributed by atoms with Crippen LogP contribution in [0.4, 0.5) is 0 Å². The minimum Gasteiger partial charge on any atom is -0.388 e. The van der Waals surface area contributed by atoms with Crippen LogP contribution in [0.3, 0.4) is 0 Å². The third-order valence-electron chi connectivity index (χ3n) is 4.33. The average Bonchev–Trinajstić information content (AvgIpc) is 2.64. The van der Waals surface area contributed by atoms with Crippen LogP contribution < -0.4 is 0 Å². The maximum Gasteiger partial charge on any atom is 0.0824 e. The van der Waals surface area contributed by atoms with Crippen molar-refractivity contribution < 1.29 is 5.11 Å². The first kappa shape index (κ1) is 14.9. The predicted octanol–water partition coefficient (Wildman–Crippen LogP) is 5.22. The van der Waals surface area contributed by atoms with E-state index in [-0.39, 0.29) is 5.92 Å². The molecule has 1 N–H and O–H groups in total. The number of halogens is 2. The summed E-state index contributed by atoms with van der Waals surface area (Å²) >= 11 is 12.3. The Morgan fingerprint density at radius 3 is 2.76 bits per heavy atom. The zero-order valence-electron chi connectivity index (χ0n) is 11.7. The summed E-state index contributed by atoms with van der Waals surface area (Å²) in [5.41, 5.74) is 3.36. The van der Waals surface area contributed by atoms with E-state index in [9.17, 15) is 5.11 Å². The second kappa shape index (κ2) is 6.39. The molecule has 0 heterocycles. The normalized spacial score (nSPS) is 21.7. The van der Waals surface area contributed by atoms with Crippen LogP contribution in [0.5, 0.6) is 0 Å². The first-order valence-corrected chi connectivity index (χ1v) is 8.10. The molecular weight excluding hydrogens is 303 g/mol. The van der Waals surface area contributed by atoms with Crippen LogP contribution in [0.2, 0.25) is 10.0 Å². The highest BCUT2D eigenvalue weighted by molar-refractivity contribution is 6.33. The molecule has 2 aromatic rings. The zero-order valence-corrected chi connectivity index (χ0v) is 13.2. The lowest BCUT2D eigenvalue weighted by molar-refractivity contribution is 0.105. The van der Waals surface area contributed by atoms with Gasteiger partial charge in [-0.15, -0.1) is 0 Å². The van der Waals surface area contributed by atoms with Crippen molar-refractivity contribution in [3.63, 3.8) is 0 Å². The molecule has 0 amide bonds. The van der Waals surface area contributed by atoms with E-state index in [0.29, 0.717) is 5.02 Å². The van der Waals surface area contributed by atoms with Crippen molar-refractivity contribution in [3.8, 4) is 0 Å². The molecule has 0 aliphatic heterocycles. The van der Waals surface area contributed by atoms with Crippen molar-refractivity contribution in [1.82, 2.24) is 0 Å². The topological polar surface area (TPSA) is 20.2 Å². The van der Waals surface area contributed by atoms with Crippen molar-refractivity contribution in [2.75, 3.05) is 0 Å². The van der Waals surface area contributed by atoms with Gasteiger partial charge in [0, 0.05) is 10.0 Å². The second-order valence-electron chi connectivity index (χ2n) is 5.74. The molecule has 21 heavy (non-hydrogen) atoms.